The molecule has 2 aliphatic rings. The van der Waals surface area contributed by atoms with Gasteiger partial charge in [-0.15, -0.1) is 0 Å². The zero-order valence-corrected chi connectivity index (χ0v) is 16.8. The molecule has 29 heavy (non-hydrogen) atoms. The van der Waals surface area contributed by atoms with E-state index in [0.29, 0.717) is 31.7 Å². The quantitative estimate of drug-likeness (QED) is 0.770. The number of hydrogen-bond acceptors (Lipinski definition) is 3. The number of nitrogens with zero attached hydrogens (tertiary/aromatic N) is 2. The molecule has 0 atom stereocenters. The molecule has 0 spiro atoms. The minimum atomic E-state index is -0.00941. The Balaban J connectivity index is 1.39. The number of amides is 2. The Morgan fingerprint density at radius 3 is 2.90 bits per heavy atom. The van der Waals surface area contributed by atoms with Crippen LogP contribution in [0, 0.1) is 0 Å². The van der Waals surface area contributed by atoms with Gasteiger partial charge in [-0.1, -0.05) is 35.9 Å². The van der Waals surface area contributed by atoms with Gasteiger partial charge in [-0.05, 0) is 59.7 Å². The fraction of sp³-hybridized carbons (Fsp3) is 0.261. The molecule has 5 nitrogen and oxygen atoms in total. The van der Waals surface area contributed by atoms with Crippen molar-refractivity contribution in [2.75, 3.05) is 18.4 Å². The summed E-state index contributed by atoms with van der Waals surface area (Å²) in [5.74, 6) is 0.606. The number of aryl methyl sites for hydroxylation is 1. The maximum atomic E-state index is 12.7. The predicted octanol–water partition coefficient (Wildman–Crippen LogP) is 4.34. The Kier molecular flexibility index (Phi) is 5.76. The Morgan fingerprint density at radius 1 is 1.17 bits per heavy atom. The molecule has 3 heterocycles. The van der Waals surface area contributed by atoms with E-state index in [1.54, 1.807) is 18.3 Å². The Labute approximate surface area is 175 Å². The lowest BCUT2D eigenvalue weighted by Crippen LogP contribution is -2.30. The molecule has 2 aromatic rings. The van der Waals surface area contributed by atoms with Crippen molar-refractivity contribution in [2.24, 2.45) is 0 Å². The van der Waals surface area contributed by atoms with Gasteiger partial charge in [-0.25, -0.2) is 4.98 Å². The van der Waals surface area contributed by atoms with Gasteiger partial charge in [0.2, 0.25) is 11.8 Å². The summed E-state index contributed by atoms with van der Waals surface area (Å²) in [6, 6.07) is 9.80. The van der Waals surface area contributed by atoms with Crippen LogP contribution in [-0.2, 0) is 16.0 Å². The van der Waals surface area contributed by atoms with Crippen LogP contribution < -0.4 is 5.32 Å². The molecule has 0 bridgehead atoms. The summed E-state index contributed by atoms with van der Waals surface area (Å²) in [5.41, 5.74) is 4.10. The molecular formula is C23H22ClN3O2. The minimum Gasteiger partial charge on any atom is -0.339 e. The second-order valence-corrected chi connectivity index (χ2v) is 7.64. The van der Waals surface area contributed by atoms with Crippen molar-refractivity contribution >= 4 is 40.9 Å². The summed E-state index contributed by atoms with van der Waals surface area (Å²) >= 11 is 6.32. The normalized spacial score (nSPS) is 16.8. The van der Waals surface area contributed by atoms with E-state index in [-0.39, 0.29) is 11.8 Å². The van der Waals surface area contributed by atoms with Crippen molar-refractivity contribution in [3.05, 3.63) is 70.4 Å². The van der Waals surface area contributed by atoms with Gasteiger partial charge in [-0.2, -0.15) is 0 Å². The topological polar surface area (TPSA) is 62.3 Å². The van der Waals surface area contributed by atoms with Gasteiger partial charge in [0.05, 0.1) is 0 Å². The molecule has 148 valence electrons. The first-order chi connectivity index (χ1) is 14.1. The van der Waals surface area contributed by atoms with Crippen molar-refractivity contribution in [1.82, 2.24) is 9.88 Å². The van der Waals surface area contributed by atoms with Crippen LogP contribution in [0.5, 0.6) is 0 Å². The molecule has 6 heteroatoms. The molecule has 0 fully saturated rings. The van der Waals surface area contributed by atoms with E-state index in [4.69, 9.17) is 11.6 Å². The number of aromatic nitrogens is 1. The number of pyridine rings is 1. The maximum absolute atomic E-state index is 12.7. The fourth-order valence-corrected chi connectivity index (χ4v) is 3.95. The summed E-state index contributed by atoms with van der Waals surface area (Å²) < 4.78 is 0. The number of fused-ring (bicyclic) bond motifs is 1. The number of carbonyl (C=O) groups is 2. The van der Waals surface area contributed by atoms with Crippen LogP contribution in [0.15, 0.2) is 48.7 Å². The van der Waals surface area contributed by atoms with Crippen LogP contribution >= 0.6 is 11.6 Å². The van der Waals surface area contributed by atoms with Crippen LogP contribution in [0.1, 0.15) is 36.0 Å². The number of carbonyl (C=O) groups excluding carboxylic acids is 2. The molecule has 0 aliphatic carbocycles. The summed E-state index contributed by atoms with van der Waals surface area (Å²) in [4.78, 5) is 30.3. The summed E-state index contributed by atoms with van der Waals surface area (Å²) in [5, 5.41) is 3.51. The highest BCUT2D eigenvalue weighted by atomic mass is 35.5. The van der Waals surface area contributed by atoms with Crippen molar-refractivity contribution in [3.8, 4) is 0 Å². The maximum Gasteiger partial charge on any atom is 0.246 e. The summed E-state index contributed by atoms with van der Waals surface area (Å²) in [7, 11) is 0. The van der Waals surface area contributed by atoms with Gasteiger partial charge in [0, 0.05) is 36.8 Å². The molecule has 1 aromatic heterocycles. The lowest BCUT2D eigenvalue weighted by Gasteiger charge is -2.19. The molecule has 1 N–H and O–H groups in total. The second kappa shape index (κ2) is 8.62. The first-order valence-corrected chi connectivity index (χ1v) is 10.2. The lowest BCUT2D eigenvalue weighted by atomic mass is 10.0. The Morgan fingerprint density at radius 2 is 2.03 bits per heavy atom. The number of anilines is 1. The zero-order chi connectivity index (χ0) is 20.2. The van der Waals surface area contributed by atoms with Crippen molar-refractivity contribution in [2.45, 2.75) is 25.7 Å². The molecule has 2 aliphatic heterocycles. The number of benzene rings is 1. The van der Waals surface area contributed by atoms with Gasteiger partial charge in [0.15, 0.2) is 0 Å². The number of nitrogens with one attached hydrogen (secondary N) is 1. The molecule has 0 unspecified atom stereocenters. The van der Waals surface area contributed by atoms with Crippen LogP contribution in [-0.4, -0.2) is 34.8 Å². The highest BCUT2D eigenvalue weighted by Gasteiger charge is 2.17. The lowest BCUT2D eigenvalue weighted by molar-refractivity contribution is -0.125. The van der Waals surface area contributed by atoms with E-state index < -0.39 is 0 Å². The van der Waals surface area contributed by atoms with Gasteiger partial charge in [0.25, 0.3) is 0 Å². The SMILES string of the molecule is O=C1CCc2cc(C=CC(=O)N3CCC=C(c4ccccc4Cl)CC3)cnc2N1. The highest BCUT2D eigenvalue weighted by molar-refractivity contribution is 6.32. The Bertz CT molecular complexity index is 1010. The van der Waals surface area contributed by atoms with Crippen LogP contribution in [0.25, 0.3) is 11.6 Å². The van der Waals surface area contributed by atoms with E-state index in [0.717, 1.165) is 34.6 Å². The summed E-state index contributed by atoms with van der Waals surface area (Å²) in [6.07, 6.45) is 9.98. The highest BCUT2D eigenvalue weighted by Crippen LogP contribution is 2.28. The molecule has 1 aromatic carbocycles. The largest absolute Gasteiger partial charge is 0.339 e. The second-order valence-electron chi connectivity index (χ2n) is 7.23. The van der Waals surface area contributed by atoms with Gasteiger partial charge in [0.1, 0.15) is 5.82 Å². The molecular weight excluding hydrogens is 386 g/mol. The third kappa shape index (κ3) is 4.57. The van der Waals surface area contributed by atoms with Crippen LogP contribution in [0.4, 0.5) is 5.82 Å². The van der Waals surface area contributed by atoms with E-state index in [1.807, 2.05) is 35.2 Å². The predicted molar refractivity (Wildman–Crippen MR) is 115 cm³/mol. The average molecular weight is 408 g/mol. The summed E-state index contributed by atoms with van der Waals surface area (Å²) in [6.45, 7) is 1.35. The molecule has 0 saturated heterocycles. The molecule has 0 radical (unpaired) electrons. The van der Waals surface area contributed by atoms with Gasteiger partial charge >= 0.3 is 0 Å². The van der Waals surface area contributed by atoms with E-state index in [1.165, 1.54) is 5.57 Å². The minimum absolute atomic E-state index is 0.00518. The molecule has 0 saturated carbocycles. The van der Waals surface area contributed by atoms with Crippen molar-refractivity contribution in [1.29, 1.82) is 0 Å². The third-order valence-electron chi connectivity index (χ3n) is 5.26. The number of hydrogen-bond donors (Lipinski definition) is 1. The smallest absolute Gasteiger partial charge is 0.246 e. The number of halogens is 1. The van der Waals surface area contributed by atoms with Gasteiger partial charge in [-0.3, -0.25) is 9.59 Å². The van der Waals surface area contributed by atoms with Crippen LogP contribution in [0.3, 0.4) is 0 Å². The number of rotatable bonds is 3. The standard InChI is InChI=1S/C23H22ClN3O2/c24-20-6-2-1-5-19(20)17-4-3-12-27(13-11-17)22(29)10-7-16-14-18-8-9-21(28)26-23(18)25-15-16/h1-2,4-7,10,14-15H,3,8-9,11-13H2,(H,25,26,28). The van der Waals surface area contributed by atoms with Gasteiger partial charge < -0.3 is 10.2 Å². The van der Waals surface area contributed by atoms with E-state index >= 15 is 0 Å². The monoisotopic (exact) mass is 407 g/mol. The zero-order valence-electron chi connectivity index (χ0n) is 16.0. The van der Waals surface area contributed by atoms with E-state index in [2.05, 4.69) is 16.4 Å². The third-order valence-corrected chi connectivity index (χ3v) is 5.59. The van der Waals surface area contributed by atoms with E-state index in [9.17, 15) is 9.59 Å². The molecule has 4 rings (SSSR count). The van der Waals surface area contributed by atoms with Crippen LogP contribution in [0.2, 0.25) is 5.02 Å². The molecule has 2 amide bonds. The fourth-order valence-electron chi connectivity index (χ4n) is 3.69. The van der Waals surface area contributed by atoms with Crippen molar-refractivity contribution in [3.63, 3.8) is 0 Å². The Hall–Kier alpha value is -2.92. The first kappa shape index (κ1) is 19.4. The average Bonchev–Trinajstić information content (AvgIpc) is 2.98. The van der Waals surface area contributed by atoms with Crippen molar-refractivity contribution < 1.29 is 9.59 Å². The first-order valence-electron chi connectivity index (χ1n) is 9.80.